The number of hydrogen-bond donors (Lipinski definition) is 1. The van der Waals surface area contributed by atoms with E-state index in [1.54, 1.807) is 23.9 Å². The minimum Gasteiger partial charge on any atom is -0.508 e. The van der Waals surface area contributed by atoms with Crippen molar-refractivity contribution in [1.82, 2.24) is 0 Å². The van der Waals surface area contributed by atoms with Gasteiger partial charge in [-0.3, -0.25) is 0 Å². The Morgan fingerprint density at radius 2 is 1.50 bits per heavy atom. The second-order valence-electron chi connectivity index (χ2n) is 3.98. The highest BCUT2D eigenvalue weighted by Crippen LogP contribution is 2.22. The zero-order valence-corrected chi connectivity index (χ0v) is 11.7. The molecular formula is C15H14OS2. The number of hydrogen-bond acceptors (Lipinski definition) is 3. The van der Waals surface area contributed by atoms with E-state index in [1.165, 1.54) is 0 Å². The van der Waals surface area contributed by atoms with Crippen molar-refractivity contribution in [1.29, 1.82) is 0 Å². The van der Waals surface area contributed by atoms with E-state index in [0.717, 1.165) is 27.3 Å². The lowest BCUT2D eigenvalue weighted by atomic mass is 10.0. The molecule has 0 radical (unpaired) electrons. The molecule has 0 aliphatic rings. The number of benzene rings is 2. The van der Waals surface area contributed by atoms with Crippen LogP contribution in [0.2, 0.25) is 0 Å². The number of rotatable bonds is 4. The normalized spacial score (nSPS) is 10.3. The Bertz CT molecular complexity index is 529. The van der Waals surface area contributed by atoms with Crippen molar-refractivity contribution in [3.63, 3.8) is 0 Å². The maximum Gasteiger partial charge on any atom is 0.115 e. The fourth-order valence-electron chi connectivity index (χ4n) is 1.72. The van der Waals surface area contributed by atoms with Gasteiger partial charge in [0.2, 0.25) is 0 Å². The van der Waals surface area contributed by atoms with Crippen LogP contribution < -0.4 is 0 Å². The molecule has 0 atom stereocenters. The maximum absolute atomic E-state index is 9.26. The van der Waals surface area contributed by atoms with E-state index >= 15 is 0 Å². The van der Waals surface area contributed by atoms with E-state index in [4.69, 9.17) is 12.2 Å². The molecule has 0 unspecified atom stereocenters. The maximum atomic E-state index is 9.26. The Balaban J connectivity index is 2.22. The van der Waals surface area contributed by atoms with E-state index in [2.05, 4.69) is 30.5 Å². The second kappa shape index (κ2) is 6.03. The lowest BCUT2D eigenvalue weighted by molar-refractivity contribution is 0.475. The third-order valence-corrected chi connectivity index (χ3v) is 3.82. The molecule has 1 nitrogen and oxygen atoms in total. The van der Waals surface area contributed by atoms with Crippen molar-refractivity contribution >= 4 is 28.8 Å². The highest BCUT2D eigenvalue weighted by atomic mass is 32.2. The largest absolute Gasteiger partial charge is 0.508 e. The van der Waals surface area contributed by atoms with Crippen LogP contribution in [0.4, 0.5) is 0 Å². The Kier molecular flexibility index (Phi) is 4.39. The molecule has 0 aliphatic heterocycles. The highest BCUT2D eigenvalue weighted by molar-refractivity contribution is 8.00. The molecule has 3 heteroatoms. The third kappa shape index (κ3) is 3.12. The fraction of sp³-hybridized carbons (Fsp3) is 0.133. The van der Waals surface area contributed by atoms with Crippen molar-refractivity contribution in [2.75, 3.05) is 12.0 Å². The zero-order valence-electron chi connectivity index (χ0n) is 10.1. The molecule has 0 aromatic heterocycles. The number of thioether (sulfide) groups is 1. The number of phenolic OH excluding ortho intramolecular Hbond substituents is 1. The first-order valence-corrected chi connectivity index (χ1v) is 7.42. The number of thiocarbonyl (C=S) groups is 1. The van der Waals surface area contributed by atoms with Crippen LogP contribution in [0.5, 0.6) is 5.75 Å². The van der Waals surface area contributed by atoms with Gasteiger partial charge in [-0.25, -0.2) is 0 Å². The van der Waals surface area contributed by atoms with Gasteiger partial charge in [0.05, 0.1) is 0 Å². The van der Waals surface area contributed by atoms with Crippen LogP contribution in [0.15, 0.2) is 48.5 Å². The summed E-state index contributed by atoms with van der Waals surface area (Å²) in [6.45, 7) is 0. The SMILES string of the molecule is CSCC(=S)c1ccc(-c2ccc(O)cc2)cc1. The van der Waals surface area contributed by atoms with E-state index in [1.807, 2.05) is 12.1 Å². The van der Waals surface area contributed by atoms with Crippen LogP contribution in [-0.2, 0) is 0 Å². The Morgan fingerprint density at radius 3 is 2.00 bits per heavy atom. The molecule has 0 saturated carbocycles. The topological polar surface area (TPSA) is 20.2 Å². The summed E-state index contributed by atoms with van der Waals surface area (Å²) >= 11 is 7.08. The quantitative estimate of drug-likeness (QED) is 0.668. The average Bonchev–Trinajstić information content (AvgIpc) is 2.40. The molecule has 18 heavy (non-hydrogen) atoms. The first-order valence-electron chi connectivity index (χ1n) is 5.62. The van der Waals surface area contributed by atoms with Crippen LogP contribution in [-0.4, -0.2) is 22.0 Å². The van der Waals surface area contributed by atoms with Crippen molar-refractivity contribution in [2.45, 2.75) is 0 Å². The molecule has 0 spiro atoms. The molecule has 0 heterocycles. The van der Waals surface area contributed by atoms with Gasteiger partial charge < -0.3 is 5.11 Å². The molecule has 2 aromatic rings. The van der Waals surface area contributed by atoms with Gasteiger partial charge in [0.1, 0.15) is 5.75 Å². The predicted molar refractivity (Wildman–Crippen MR) is 83.6 cm³/mol. The van der Waals surface area contributed by atoms with Gasteiger partial charge in [-0.05, 0) is 35.1 Å². The molecule has 0 aliphatic carbocycles. The van der Waals surface area contributed by atoms with Crippen molar-refractivity contribution in [3.05, 3.63) is 54.1 Å². The predicted octanol–water partition coefficient (Wildman–Crippen LogP) is 4.14. The van der Waals surface area contributed by atoms with E-state index in [0.29, 0.717) is 0 Å². The Hall–Kier alpha value is -1.32. The summed E-state index contributed by atoms with van der Waals surface area (Å²) in [5, 5.41) is 9.26. The summed E-state index contributed by atoms with van der Waals surface area (Å²) in [7, 11) is 0. The molecule has 0 fully saturated rings. The minimum atomic E-state index is 0.288. The van der Waals surface area contributed by atoms with Gasteiger partial charge in [0.15, 0.2) is 0 Å². The van der Waals surface area contributed by atoms with Crippen LogP contribution in [0.1, 0.15) is 5.56 Å². The summed E-state index contributed by atoms with van der Waals surface area (Å²) in [6, 6.07) is 15.4. The Morgan fingerprint density at radius 1 is 1.00 bits per heavy atom. The zero-order chi connectivity index (χ0) is 13.0. The lowest BCUT2D eigenvalue weighted by Crippen LogP contribution is -1.99. The molecule has 0 bridgehead atoms. The van der Waals surface area contributed by atoms with Gasteiger partial charge in [0.25, 0.3) is 0 Å². The number of phenols is 1. The summed E-state index contributed by atoms with van der Waals surface area (Å²) < 4.78 is 0. The fourth-order valence-corrected chi connectivity index (χ4v) is 2.64. The first-order chi connectivity index (χ1) is 8.70. The summed E-state index contributed by atoms with van der Waals surface area (Å²) in [5.74, 6) is 1.17. The highest BCUT2D eigenvalue weighted by Gasteiger charge is 2.02. The van der Waals surface area contributed by atoms with Gasteiger partial charge in [-0.1, -0.05) is 48.6 Å². The molecule has 0 amide bonds. The standard InChI is InChI=1S/C15H14OS2/c1-18-10-15(17)13-4-2-11(3-5-13)12-6-8-14(16)9-7-12/h2-9,16H,10H2,1H3. The molecular weight excluding hydrogens is 260 g/mol. The Labute approximate surface area is 117 Å². The van der Waals surface area contributed by atoms with Crippen LogP contribution in [0, 0.1) is 0 Å². The molecule has 2 rings (SSSR count). The smallest absolute Gasteiger partial charge is 0.115 e. The first kappa shape index (κ1) is 13.1. The monoisotopic (exact) mass is 274 g/mol. The third-order valence-electron chi connectivity index (χ3n) is 2.68. The van der Waals surface area contributed by atoms with E-state index in [9.17, 15) is 5.11 Å². The second-order valence-corrected chi connectivity index (χ2v) is 5.34. The average molecular weight is 274 g/mol. The summed E-state index contributed by atoms with van der Waals surface area (Å²) in [6.07, 6.45) is 2.05. The van der Waals surface area contributed by atoms with Gasteiger partial charge in [0, 0.05) is 10.6 Å². The minimum absolute atomic E-state index is 0.288. The lowest BCUT2D eigenvalue weighted by Gasteiger charge is -2.05. The molecule has 92 valence electrons. The molecule has 2 aromatic carbocycles. The van der Waals surface area contributed by atoms with Gasteiger partial charge in [-0.2, -0.15) is 11.8 Å². The van der Waals surface area contributed by atoms with Gasteiger partial charge in [-0.15, -0.1) is 0 Å². The van der Waals surface area contributed by atoms with Crippen molar-refractivity contribution < 1.29 is 5.11 Å². The van der Waals surface area contributed by atoms with Crippen LogP contribution in [0.25, 0.3) is 11.1 Å². The number of aromatic hydroxyl groups is 1. The van der Waals surface area contributed by atoms with Gasteiger partial charge >= 0.3 is 0 Å². The van der Waals surface area contributed by atoms with Crippen LogP contribution in [0.3, 0.4) is 0 Å². The molecule has 1 N–H and O–H groups in total. The van der Waals surface area contributed by atoms with E-state index in [-0.39, 0.29) is 5.75 Å². The molecule has 0 saturated heterocycles. The van der Waals surface area contributed by atoms with Crippen molar-refractivity contribution in [3.8, 4) is 16.9 Å². The van der Waals surface area contributed by atoms with E-state index < -0.39 is 0 Å². The van der Waals surface area contributed by atoms with Crippen LogP contribution >= 0.6 is 24.0 Å². The van der Waals surface area contributed by atoms with Crippen molar-refractivity contribution in [2.24, 2.45) is 0 Å². The summed E-state index contributed by atoms with van der Waals surface area (Å²) in [5.41, 5.74) is 3.34. The summed E-state index contributed by atoms with van der Waals surface area (Å²) in [4.78, 5) is 0.986.